The van der Waals surface area contributed by atoms with Crippen LogP contribution in [0.3, 0.4) is 0 Å². The Morgan fingerprint density at radius 2 is 1.96 bits per heavy atom. The minimum absolute atomic E-state index is 0.000878. The summed E-state index contributed by atoms with van der Waals surface area (Å²) in [6.45, 7) is 2.16. The van der Waals surface area contributed by atoms with Gasteiger partial charge in [-0.25, -0.2) is 9.18 Å². The maximum atomic E-state index is 12.8. The number of hydrogen-bond donors (Lipinski definition) is 1. The number of aryl methyl sites for hydroxylation is 1. The molecule has 0 saturated carbocycles. The summed E-state index contributed by atoms with van der Waals surface area (Å²) >= 11 is 0. The highest BCUT2D eigenvalue weighted by Crippen LogP contribution is 2.21. The highest BCUT2D eigenvalue weighted by atomic mass is 19.1. The Balaban J connectivity index is 1.84. The van der Waals surface area contributed by atoms with E-state index in [-0.39, 0.29) is 24.1 Å². The Kier molecular flexibility index (Phi) is 5.89. The number of rotatable bonds is 6. The zero-order valence-electron chi connectivity index (χ0n) is 13.9. The van der Waals surface area contributed by atoms with Crippen molar-refractivity contribution in [3.05, 3.63) is 64.0 Å². The van der Waals surface area contributed by atoms with Gasteiger partial charge in [0.05, 0.1) is 11.5 Å². The van der Waals surface area contributed by atoms with E-state index in [1.165, 1.54) is 41.3 Å². The van der Waals surface area contributed by atoms with Crippen LogP contribution >= 0.6 is 0 Å². The fourth-order valence-corrected chi connectivity index (χ4v) is 2.09. The number of carbonyl (C=O) groups is 1. The van der Waals surface area contributed by atoms with Gasteiger partial charge in [-0.15, -0.1) is 0 Å². The number of nitrogens with one attached hydrogen (secondary N) is 1. The van der Waals surface area contributed by atoms with Gasteiger partial charge in [-0.2, -0.15) is 0 Å². The van der Waals surface area contributed by atoms with Crippen LogP contribution in [0.5, 0.6) is 5.75 Å². The Bertz CT molecular complexity index is 765. The SMILES string of the molecule is Cc1cc(NC(=O)N(C)CCOc2ccc(F)cc2)ccc1[N+](=O)[O-]. The van der Waals surface area contributed by atoms with E-state index in [0.717, 1.165) is 0 Å². The number of nitrogens with zero attached hydrogens (tertiary/aromatic N) is 2. The molecule has 132 valence electrons. The van der Waals surface area contributed by atoms with E-state index in [1.807, 2.05) is 0 Å². The molecule has 0 heterocycles. The van der Waals surface area contributed by atoms with Crippen LogP contribution in [0.25, 0.3) is 0 Å². The van der Waals surface area contributed by atoms with Gasteiger partial charge in [0, 0.05) is 24.4 Å². The molecule has 2 amide bonds. The molecule has 1 N–H and O–H groups in total. The quantitative estimate of drug-likeness (QED) is 0.639. The lowest BCUT2D eigenvalue weighted by Gasteiger charge is -2.18. The topological polar surface area (TPSA) is 84.7 Å². The molecule has 0 spiro atoms. The van der Waals surface area contributed by atoms with Crippen LogP contribution in [0, 0.1) is 22.9 Å². The number of anilines is 1. The molecule has 0 atom stereocenters. The van der Waals surface area contributed by atoms with Gasteiger partial charge in [-0.05, 0) is 43.3 Å². The van der Waals surface area contributed by atoms with Gasteiger partial charge in [0.2, 0.25) is 0 Å². The first kappa shape index (κ1) is 18.2. The van der Waals surface area contributed by atoms with Crippen molar-refractivity contribution in [1.29, 1.82) is 0 Å². The average molecular weight is 347 g/mol. The molecule has 0 bridgehead atoms. The molecule has 0 fully saturated rings. The average Bonchev–Trinajstić information content (AvgIpc) is 2.56. The normalized spacial score (nSPS) is 10.2. The molecule has 0 saturated heterocycles. The summed E-state index contributed by atoms with van der Waals surface area (Å²) in [5.41, 5.74) is 0.934. The van der Waals surface area contributed by atoms with Crippen LogP contribution in [-0.4, -0.2) is 36.1 Å². The molecular formula is C17H18FN3O4. The van der Waals surface area contributed by atoms with Crippen LogP contribution in [0.2, 0.25) is 0 Å². The van der Waals surface area contributed by atoms with E-state index < -0.39 is 4.92 Å². The van der Waals surface area contributed by atoms with Crippen molar-refractivity contribution in [3.8, 4) is 5.75 Å². The molecular weight excluding hydrogens is 329 g/mol. The Hall–Kier alpha value is -3.16. The van der Waals surface area contributed by atoms with Crippen LogP contribution in [-0.2, 0) is 0 Å². The fourth-order valence-electron chi connectivity index (χ4n) is 2.09. The van der Waals surface area contributed by atoms with Gasteiger partial charge in [-0.3, -0.25) is 10.1 Å². The predicted molar refractivity (Wildman–Crippen MR) is 91.4 cm³/mol. The molecule has 0 aliphatic rings. The molecule has 0 radical (unpaired) electrons. The first-order chi connectivity index (χ1) is 11.9. The monoisotopic (exact) mass is 347 g/mol. The summed E-state index contributed by atoms with van der Waals surface area (Å²) in [5, 5.41) is 13.5. The van der Waals surface area contributed by atoms with Gasteiger partial charge >= 0.3 is 6.03 Å². The van der Waals surface area contributed by atoms with E-state index in [1.54, 1.807) is 20.0 Å². The molecule has 25 heavy (non-hydrogen) atoms. The largest absolute Gasteiger partial charge is 0.492 e. The van der Waals surface area contributed by atoms with Gasteiger partial charge < -0.3 is 15.0 Å². The molecule has 0 aliphatic heterocycles. The number of hydrogen-bond acceptors (Lipinski definition) is 4. The summed E-state index contributed by atoms with van der Waals surface area (Å²) in [6.07, 6.45) is 0. The maximum Gasteiger partial charge on any atom is 0.321 e. The second kappa shape index (κ2) is 8.09. The second-order valence-electron chi connectivity index (χ2n) is 5.41. The van der Waals surface area contributed by atoms with Gasteiger partial charge in [0.15, 0.2) is 0 Å². The molecule has 0 aromatic heterocycles. The van der Waals surface area contributed by atoms with E-state index in [9.17, 15) is 19.3 Å². The highest BCUT2D eigenvalue weighted by Gasteiger charge is 2.13. The van der Waals surface area contributed by atoms with E-state index in [0.29, 0.717) is 23.5 Å². The van der Waals surface area contributed by atoms with Gasteiger partial charge in [0.1, 0.15) is 18.2 Å². The molecule has 0 unspecified atom stereocenters. The third-order valence-corrected chi connectivity index (χ3v) is 3.50. The van der Waals surface area contributed by atoms with Crippen molar-refractivity contribution >= 4 is 17.4 Å². The number of benzene rings is 2. The van der Waals surface area contributed by atoms with Crippen molar-refractivity contribution in [2.24, 2.45) is 0 Å². The second-order valence-corrected chi connectivity index (χ2v) is 5.41. The molecule has 2 aromatic carbocycles. The highest BCUT2D eigenvalue weighted by molar-refractivity contribution is 5.89. The summed E-state index contributed by atoms with van der Waals surface area (Å²) in [4.78, 5) is 23.8. The minimum atomic E-state index is -0.472. The smallest absolute Gasteiger partial charge is 0.321 e. The van der Waals surface area contributed by atoms with Gasteiger partial charge in [-0.1, -0.05) is 0 Å². The summed E-state index contributed by atoms with van der Waals surface area (Å²) in [7, 11) is 1.60. The Morgan fingerprint density at radius 3 is 2.56 bits per heavy atom. The zero-order chi connectivity index (χ0) is 18.4. The van der Waals surface area contributed by atoms with E-state index in [2.05, 4.69) is 5.32 Å². The van der Waals surface area contributed by atoms with Crippen LogP contribution in [0.1, 0.15) is 5.56 Å². The fraction of sp³-hybridized carbons (Fsp3) is 0.235. The summed E-state index contributed by atoms with van der Waals surface area (Å²) in [6, 6.07) is 9.61. The summed E-state index contributed by atoms with van der Waals surface area (Å²) < 4.78 is 18.2. The molecule has 2 rings (SSSR count). The van der Waals surface area contributed by atoms with Crippen molar-refractivity contribution in [2.75, 3.05) is 25.5 Å². The van der Waals surface area contributed by atoms with Crippen molar-refractivity contribution in [2.45, 2.75) is 6.92 Å². The van der Waals surface area contributed by atoms with Crippen molar-refractivity contribution in [3.63, 3.8) is 0 Å². The Labute approximate surface area is 144 Å². The number of ether oxygens (including phenoxy) is 1. The number of likely N-dealkylation sites (N-methyl/N-ethyl adjacent to an activating group) is 1. The number of nitro benzene ring substituents is 1. The Morgan fingerprint density at radius 1 is 1.28 bits per heavy atom. The van der Waals surface area contributed by atoms with Crippen LogP contribution in [0.4, 0.5) is 20.6 Å². The first-order valence-corrected chi connectivity index (χ1v) is 7.52. The lowest BCUT2D eigenvalue weighted by Crippen LogP contribution is -2.34. The number of carbonyl (C=O) groups excluding carboxylic acids is 1. The zero-order valence-corrected chi connectivity index (χ0v) is 13.9. The number of urea groups is 1. The lowest BCUT2D eigenvalue weighted by atomic mass is 10.2. The standard InChI is InChI=1S/C17H18FN3O4/c1-12-11-14(5-8-16(12)21(23)24)19-17(22)20(2)9-10-25-15-6-3-13(18)4-7-15/h3-8,11H,9-10H2,1-2H3,(H,19,22). The maximum absolute atomic E-state index is 12.8. The van der Waals surface area contributed by atoms with Crippen LogP contribution < -0.4 is 10.1 Å². The summed E-state index contributed by atoms with van der Waals surface area (Å²) in [5.74, 6) is 0.170. The lowest BCUT2D eigenvalue weighted by molar-refractivity contribution is -0.385. The van der Waals surface area contributed by atoms with E-state index in [4.69, 9.17) is 4.74 Å². The molecule has 8 heteroatoms. The van der Waals surface area contributed by atoms with Crippen molar-refractivity contribution < 1.29 is 18.8 Å². The van der Waals surface area contributed by atoms with Gasteiger partial charge in [0.25, 0.3) is 5.69 Å². The molecule has 2 aromatic rings. The minimum Gasteiger partial charge on any atom is -0.492 e. The molecule has 0 aliphatic carbocycles. The van der Waals surface area contributed by atoms with Crippen molar-refractivity contribution in [1.82, 2.24) is 4.90 Å². The number of halogens is 1. The van der Waals surface area contributed by atoms with Crippen LogP contribution in [0.15, 0.2) is 42.5 Å². The third kappa shape index (κ3) is 5.17. The number of amides is 2. The number of nitro groups is 1. The molecule has 7 nitrogen and oxygen atoms in total. The predicted octanol–water partition coefficient (Wildman–Crippen LogP) is 3.59. The van der Waals surface area contributed by atoms with E-state index >= 15 is 0 Å². The third-order valence-electron chi connectivity index (χ3n) is 3.50. The first-order valence-electron chi connectivity index (χ1n) is 7.52.